The third-order valence-corrected chi connectivity index (χ3v) is 3.66. The Morgan fingerprint density at radius 2 is 1.88 bits per heavy atom. The monoisotopic (exact) mass is 481 g/mol. The molecule has 0 atom stereocenters. The third-order valence-electron chi connectivity index (χ3n) is 3.66. The van der Waals surface area contributed by atoms with Crippen molar-refractivity contribution in [2.75, 3.05) is 61.8 Å². The Balaban J connectivity index is 0.00000625. The van der Waals surface area contributed by atoms with Crippen LogP contribution in [0.4, 0.5) is 0 Å². The molecule has 0 aromatic heterocycles. The molecule has 1 rings (SSSR count). The first-order chi connectivity index (χ1) is 12.2. The van der Waals surface area contributed by atoms with E-state index in [0.29, 0.717) is 26.4 Å². The fourth-order valence-electron chi connectivity index (χ4n) is 2.32. The molecule has 0 radical (unpaired) electrons. The minimum absolute atomic E-state index is 0. The molecule has 1 aromatic carbocycles. The van der Waals surface area contributed by atoms with E-state index in [1.807, 2.05) is 25.2 Å². The molecule has 0 saturated carbocycles. The number of ether oxygens (including phenoxy) is 4. The second-order valence-corrected chi connectivity index (χ2v) is 5.47. The predicted octanol–water partition coefficient (Wildman–Crippen LogP) is 2.38. The summed E-state index contributed by atoms with van der Waals surface area (Å²) in [6.45, 7) is 3.42. The number of halogens is 1. The lowest BCUT2D eigenvalue weighted by Crippen LogP contribution is -2.39. The minimum atomic E-state index is 0. The van der Waals surface area contributed by atoms with Gasteiger partial charge in [0.1, 0.15) is 11.5 Å². The number of benzene rings is 1. The zero-order chi connectivity index (χ0) is 18.5. The molecule has 0 fully saturated rings. The summed E-state index contributed by atoms with van der Waals surface area (Å²) in [5.74, 6) is 2.40. The van der Waals surface area contributed by atoms with E-state index < -0.39 is 0 Å². The van der Waals surface area contributed by atoms with Gasteiger partial charge >= 0.3 is 0 Å². The second kappa shape index (κ2) is 14.9. The molecule has 7 nitrogen and oxygen atoms in total. The smallest absolute Gasteiger partial charge is 0.193 e. The van der Waals surface area contributed by atoms with Gasteiger partial charge in [0.15, 0.2) is 5.96 Å². The highest BCUT2D eigenvalue weighted by Gasteiger charge is 2.11. The van der Waals surface area contributed by atoms with Crippen molar-refractivity contribution in [2.24, 2.45) is 4.99 Å². The summed E-state index contributed by atoms with van der Waals surface area (Å²) < 4.78 is 21.1. The topological polar surface area (TPSA) is 64.6 Å². The lowest BCUT2D eigenvalue weighted by Gasteiger charge is -2.23. The van der Waals surface area contributed by atoms with E-state index in [-0.39, 0.29) is 24.0 Å². The quantitative estimate of drug-likeness (QED) is 0.227. The van der Waals surface area contributed by atoms with Crippen LogP contribution in [0, 0.1) is 0 Å². The molecule has 0 spiro atoms. The Kier molecular flexibility index (Phi) is 14.1. The van der Waals surface area contributed by atoms with Crippen LogP contribution in [-0.4, -0.2) is 72.6 Å². The molecule has 0 amide bonds. The SMILES string of the molecule is CN=C(NCCCOCCOC)N(C)Cc1ccc(OC)cc1OC.I. The number of hydrogen-bond acceptors (Lipinski definition) is 5. The molecule has 150 valence electrons. The van der Waals surface area contributed by atoms with Gasteiger partial charge in [-0.15, -0.1) is 24.0 Å². The summed E-state index contributed by atoms with van der Waals surface area (Å²) in [6, 6.07) is 5.82. The first kappa shape index (κ1) is 24.7. The lowest BCUT2D eigenvalue weighted by atomic mass is 10.2. The standard InChI is InChI=1S/C18H31N3O4.HI/c1-19-18(20-9-6-10-25-12-11-22-3)21(2)14-15-7-8-16(23-4)13-17(15)24-5;/h7-8,13H,6,9-12,14H2,1-5H3,(H,19,20);1H. The summed E-state index contributed by atoms with van der Waals surface area (Å²) >= 11 is 0. The molecule has 0 aliphatic heterocycles. The Hall–Kier alpha value is -1.26. The first-order valence-corrected chi connectivity index (χ1v) is 8.35. The van der Waals surface area contributed by atoms with Crippen LogP contribution in [0.2, 0.25) is 0 Å². The molecular formula is C18H32IN3O4. The molecule has 0 heterocycles. The van der Waals surface area contributed by atoms with Crippen LogP contribution in [0.25, 0.3) is 0 Å². The number of nitrogens with zero attached hydrogens (tertiary/aromatic N) is 2. The van der Waals surface area contributed by atoms with Gasteiger partial charge in [0.25, 0.3) is 0 Å². The third kappa shape index (κ3) is 8.91. The predicted molar refractivity (Wildman–Crippen MR) is 115 cm³/mol. The van der Waals surface area contributed by atoms with Gasteiger partial charge in [-0.2, -0.15) is 0 Å². The van der Waals surface area contributed by atoms with Crippen molar-refractivity contribution >= 4 is 29.9 Å². The van der Waals surface area contributed by atoms with Gasteiger partial charge in [-0.3, -0.25) is 4.99 Å². The number of rotatable bonds is 11. The van der Waals surface area contributed by atoms with Crippen molar-refractivity contribution in [3.63, 3.8) is 0 Å². The highest BCUT2D eigenvalue weighted by molar-refractivity contribution is 14.0. The van der Waals surface area contributed by atoms with Crippen LogP contribution in [0.3, 0.4) is 0 Å². The van der Waals surface area contributed by atoms with Crippen molar-refractivity contribution in [1.29, 1.82) is 0 Å². The average Bonchev–Trinajstić information content (AvgIpc) is 2.64. The number of hydrogen-bond donors (Lipinski definition) is 1. The van der Waals surface area contributed by atoms with Crippen molar-refractivity contribution < 1.29 is 18.9 Å². The second-order valence-electron chi connectivity index (χ2n) is 5.47. The number of aliphatic imine (C=N–C) groups is 1. The van der Waals surface area contributed by atoms with Crippen molar-refractivity contribution in [3.05, 3.63) is 23.8 Å². The highest BCUT2D eigenvalue weighted by Crippen LogP contribution is 2.25. The van der Waals surface area contributed by atoms with Crippen LogP contribution in [-0.2, 0) is 16.0 Å². The molecule has 1 N–H and O–H groups in total. The van der Waals surface area contributed by atoms with E-state index in [1.54, 1.807) is 28.4 Å². The van der Waals surface area contributed by atoms with Crippen molar-refractivity contribution in [1.82, 2.24) is 10.2 Å². The van der Waals surface area contributed by atoms with Crippen molar-refractivity contribution in [3.8, 4) is 11.5 Å². The largest absolute Gasteiger partial charge is 0.497 e. The molecule has 0 aliphatic rings. The lowest BCUT2D eigenvalue weighted by molar-refractivity contribution is 0.0698. The van der Waals surface area contributed by atoms with Gasteiger partial charge in [0, 0.05) is 52.5 Å². The van der Waals surface area contributed by atoms with Crippen LogP contribution in [0.5, 0.6) is 11.5 Å². The Morgan fingerprint density at radius 1 is 1.12 bits per heavy atom. The van der Waals surface area contributed by atoms with Gasteiger partial charge in [-0.1, -0.05) is 0 Å². The Morgan fingerprint density at radius 3 is 2.50 bits per heavy atom. The van der Waals surface area contributed by atoms with Gasteiger partial charge in [-0.25, -0.2) is 0 Å². The molecular weight excluding hydrogens is 449 g/mol. The normalized spacial score (nSPS) is 10.9. The first-order valence-electron chi connectivity index (χ1n) is 8.35. The maximum absolute atomic E-state index is 5.45. The molecule has 0 saturated heterocycles. The summed E-state index contributed by atoms with van der Waals surface area (Å²) in [7, 11) is 8.75. The molecule has 0 unspecified atom stereocenters. The number of nitrogens with one attached hydrogen (secondary N) is 1. The Bertz CT molecular complexity index is 529. The summed E-state index contributed by atoms with van der Waals surface area (Å²) in [5.41, 5.74) is 1.07. The fraction of sp³-hybridized carbons (Fsp3) is 0.611. The van der Waals surface area contributed by atoms with Crippen LogP contribution >= 0.6 is 24.0 Å². The average molecular weight is 481 g/mol. The molecule has 0 bridgehead atoms. The summed E-state index contributed by atoms with van der Waals surface area (Å²) in [6.07, 6.45) is 0.905. The zero-order valence-corrected chi connectivity index (χ0v) is 18.7. The van der Waals surface area contributed by atoms with Crippen LogP contribution in [0.1, 0.15) is 12.0 Å². The van der Waals surface area contributed by atoms with E-state index in [4.69, 9.17) is 18.9 Å². The minimum Gasteiger partial charge on any atom is -0.497 e. The van der Waals surface area contributed by atoms with E-state index in [2.05, 4.69) is 15.2 Å². The van der Waals surface area contributed by atoms with Crippen molar-refractivity contribution in [2.45, 2.75) is 13.0 Å². The summed E-state index contributed by atoms with van der Waals surface area (Å²) in [4.78, 5) is 6.38. The molecule has 0 aliphatic carbocycles. The van der Waals surface area contributed by atoms with Gasteiger partial charge in [0.2, 0.25) is 0 Å². The van der Waals surface area contributed by atoms with Gasteiger partial charge in [0.05, 0.1) is 27.4 Å². The van der Waals surface area contributed by atoms with E-state index in [9.17, 15) is 0 Å². The van der Waals surface area contributed by atoms with Gasteiger partial charge in [-0.05, 0) is 18.6 Å². The molecule has 1 aromatic rings. The van der Waals surface area contributed by atoms with Crippen LogP contribution < -0.4 is 14.8 Å². The fourth-order valence-corrected chi connectivity index (χ4v) is 2.32. The number of methoxy groups -OCH3 is 3. The highest BCUT2D eigenvalue weighted by atomic mass is 127. The van der Waals surface area contributed by atoms with E-state index in [1.165, 1.54) is 0 Å². The molecule has 26 heavy (non-hydrogen) atoms. The maximum atomic E-state index is 5.45. The Labute approximate surface area is 174 Å². The van der Waals surface area contributed by atoms with E-state index in [0.717, 1.165) is 36.0 Å². The van der Waals surface area contributed by atoms with Crippen LogP contribution in [0.15, 0.2) is 23.2 Å². The van der Waals surface area contributed by atoms with Gasteiger partial charge < -0.3 is 29.2 Å². The maximum Gasteiger partial charge on any atom is 0.193 e. The zero-order valence-electron chi connectivity index (χ0n) is 16.4. The molecule has 8 heteroatoms. The summed E-state index contributed by atoms with van der Waals surface area (Å²) in [5, 5.41) is 3.34. The number of guanidine groups is 1. The van der Waals surface area contributed by atoms with E-state index >= 15 is 0 Å².